The Labute approximate surface area is 113 Å². The van der Waals surface area contributed by atoms with E-state index in [0.717, 1.165) is 5.56 Å². The van der Waals surface area contributed by atoms with Crippen molar-refractivity contribution in [2.45, 2.75) is 32.5 Å². The number of aryl methyl sites for hydroxylation is 2. The number of alkyl halides is 3. The second kappa shape index (κ2) is 5.48. The molecule has 0 atom stereocenters. The van der Waals surface area contributed by atoms with Gasteiger partial charge in [-0.25, -0.2) is 4.68 Å². The first-order chi connectivity index (χ1) is 9.38. The summed E-state index contributed by atoms with van der Waals surface area (Å²) < 4.78 is 37.8. The van der Waals surface area contributed by atoms with Crippen LogP contribution < -0.4 is 5.73 Å². The molecular weight excluding hydrogens is 271 g/mol. The monoisotopic (exact) mass is 285 g/mol. The van der Waals surface area contributed by atoms with Crippen LogP contribution in [0.5, 0.6) is 0 Å². The summed E-state index contributed by atoms with van der Waals surface area (Å²) in [5.74, 6) is 0.391. The second-order valence-electron chi connectivity index (χ2n) is 4.48. The number of hydrogen-bond donors (Lipinski definition) is 1. The fraction of sp³-hybridized carbons (Fsp3) is 0.417. The van der Waals surface area contributed by atoms with Crippen LogP contribution in [0.2, 0.25) is 0 Å². The number of benzene rings is 1. The van der Waals surface area contributed by atoms with E-state index in [-0.39, 0.29) is 13.0 Å². The maximum Gasteiger partial charge on any atom is 0.389 e. The predicted octanol–water partition coefficient (Wildman–Crippen LogP) is 2.57. The summed E-state index contributed by atoms with van der Waals surface area (Å²) in [5.41, 5.74) is 7.92. The van der Waals surface area contributed by atoms with Crippen molar-refractivity contribution in [1.82, 2.24) is 20.2 Å². The van der Waals surface area contributed by atoms with Crippen molar-refractivity contribution in [3.8, 4) is 11.4 Å². The minimum absolute atomic E-state index is 0.0761. The fourth-order valence-electron chi connectivity index (χ4n) is 1.96. The van der Waals surface area contributed by atoms with Gasteiger partial charge in [-0.3, -0.25) is 0 Å². The lowest BCUT2D eigenvalue weighted by atomic mass is 10.1. The molecule has 5 nitrogen and oxygen atoms in total. The van der Waals surface area contributed by atoms with Crippen molar-refractivity contribution >= 4 is 5.69 Å². The average molecular weight is 285 g/mol. The summed E-state index contributed by atoms with van der Waals surface area (Å²) in [6, 6.07) is 5.35. The van der Waals surface area contributed by atoms with Crippen LogP contribution >= 0.6 is 0 Å². The highest BCUT2D eigenvalue weighted by Crippen LogP contribution is 2.28. The highest BCUT2D eigenvalue weighted by molar-refractivity contribution is 5.74. The average Bonchev–Trinajstić information content (AvgIpc) is 2.75. The zero-order chi connectivity index (χ0) is 14.8. The number of anilines is 1. The van der Waals surface area contributed by atoms with Crippen molar-refractivity contribution < 1.29 is 13.2 Å². The molecule has 0 amide bonds. The van der Waals surface area contributed by atoms with Gasteiger partial charge in [-0.2, -0.15) is 13.2 Å². The van der Waals surface area contributed by atoms with E-state index in [0.29, 0.717) is 17.1 Å². The number of rotatable bonds is 4. The lowest BCUT2D eigenvalue weighted by molar-refractivity contribution is -0.136. The molecule has 2 aromatic rings. The summed E-state index contributed by atoms with van der Waals surface area (Å²) in [6.07, 6.45) is -5.11. The van der Waals surface area contributed by atoms with Crippen LogP contribution in [0.3, 0.4) is 0 Å². The predicted molar refractivity (Wildman–Crippen MR) is 67.7 cm³/mol. The third-order valence-corrected chi connectivity index (χ3v) is 2.89. The van der Waals surface area contributed by atoms with E-state index >= 15 is 0 Å². The number of nitrogens with two attached hydrogens (primary N) is 1. The Morgan fingerprint density at radius 1 is 1.30 bits per heavy atom. The van der Waals surface area contributed by atoms with E-state index in [1.807, 2.05) is 13.0 Å². The Balaban J connectivity index is 2.21. The molecule has 0 aliphatic heterocycles. The Bertz CT molecular complexity index is 571. The molecule has 108 valence electrons. The quantitative estimate of drug-likeness (QED) is 0.876. The van der Waals surface area contributed by atoms with Crippen LogP contribution in [-0.4, -0.2) is 26.4 Å². The van der Waals surface area contributed by atoms with E-state index in [1.165, 1.54) is 4.68 Å². The maximum absolute atomic E-state index is 12.2. The maximum atomic E-state index is 12.2. The van der Waals surface area contributed by atoms with Crippen molar-refractivity contribution in [1.29, 1.82) is 0 Å². The molecule has 0 aliphatic carbocycles. The molecule has 2 N–H and O–H groups in total. The Morgan fingerprint density at radius 2 is 2.05 bits per heavy atom. The van der Waals surface area contributed by atoms with Crippen molar-refractivity contribution in [3.63, 3.8) is 0 Å². The van der Waals surface area contributed by atoms with Gasteiger partial charge in [-0.1, -0.05) is 12.1 Å². The molecule has 1 aromatic carbocycles. The molecule has 1 heterocycles. The van der Waals surface area contributed by atoms with Gasteiger partial charge in [0.2, 0.25) is 0 Å². The number of aromatic nitrogens is 4. The molecule has 0 unspecified atom stereocenters. The first-order valence-electron chi connectivity index (χ1n) is 6.07. The number of tetrazole rings is 1. The van der Waals surface area contributed by atoms with Gasteiger partial charge in [-0.05, 0) is 35.4 Å². The van der Waals surface area contributed by atoms with Gasteiger partial charge in [-0.15, -0.1) is 5.10 Å². The summed E-state index contributed by atoms with van der Waals surface area (Å²) in [7, 11) is 0. The molecule has 2 rings (SSSR count). The lowest BCUT2D eigenvalue weighted by Crippen LogP contribution is -2.11. The van der Waals surface area contributed by atoms with Crippen LogP contribution in [0.1, 0.15) is 18.4 Å². The van der Waals surface area contributed by atoms with E-state index in [4.69, 9.17) is 5.73 Å². The lowest BCUT2D eigenvalue weighted by Gasteiger charge is -2.10. The second-order valence-corrected chi connectivity index (χ2v) is 4.48. The molecule has 8 heteroatoms. The van der Waals surface area contributed by atoms with Crippen molar-refractivity contribution in [2.75, 3.05) is 5.73 Å². The first kappa shape index (κ1) is 14.3. The Morgan fingerprint density at radius 3 is 2.70 bits per heavy atom. The van der Waals surface area contributed by atoms with Crippen LogP contribution in [0, 0.1) is 6.92 Å². The van der Waals surface area contributed by atoms with Gasteiger partial charge in [0, 0.05) is 24.2 Å². The van der Waals surface area contributed by atoms with Crippen molar-refractivity contribution in [2.24, 2.45) is 0 Å². The van der Waals surface area contributed by atoms with Gasteiger partial charge >= 0.3 is 6.18 Å². The summed E-state index contributed by atoms with van der Waals surface area (Å²) in [5, 5.41) is 11.1. The zero-order valence-corrected chi connectivity index (χ0v) is 10.9. The van der Waals surface area contributed by atoms with Gasteiger partial charge in [0.1, 0.15) is 0 Å². The number of halogens is 3. The third kappa shape index (κ3) is 3.25. The molecular formula is C12H14F3N5. The van der Waals surface area contributed by atoms with Crippen LogP contribution in [0.15, 0.2) is 18.2 Å². The van der Waals surface area contributed by atoms with Crippen LogP contribution in [0.4, 0.5) is 18.9 Å². The summed E-state index contributed by atoms with van der Waals surface area (Å²) in [4.78, 5) is 0. The SMILES string of the molecule is Cc1cccc(N)c1-c1nnnn1CCCC(F)(F)F. The van der Waals surface area contributed by atoms with Crippen molar-refractivity contribution in [3.05, 3.63) is 23.8 Å². The molecule has 0 spiro atoms. The van der Waals surface area contributed by atoms with Crippen LogP contribution in [0.25, 0.3) is 11.4 Å². The molecule has 0 aliphatic rings. The minimum atomic E-state index is -4.17. The van der Waals surface area contributed by atoms with E-state index in [2.05, 4.69) is 15.5 Å². The van der Waals surface area contributed by atoms with E-state index in [9.17, 15) is 13.2 Å². The zero-order valence-electron chi connectivity index (χ0n) is 10.9. The third-order valence-electron chi connectivity index (χ3n) is 2.89. The summed E-state index contributed by atoms with van der Waals surface area (Å²) >= 11 is 0. The number of hydrogen-bond acceptors (Lipinski definition) is 4. The topological polar surface area (TPSA) is 69.6 Å². The molecule has 1 aromatic heterocycles. The molecule has 0 saturated carbocycles. The Kier molecular flexibility index (Phi) is 3.91. The smallest absolute Gasteiger partial charge is 0.389 e. The molecule has 0 bridgehead atoms. The molecule has 20 heavy (non-hydrogen) atoms. The van der Waals surface area contributed by atoms with Gasteiger partial charge in [0.15, 0.2) is 5.82 Å². The van der Waals surface area contributed by atoms with Crippen LogP contribution in [-0.2, 0) is 6.54 Å². The largest absolute Gasteiger partial charge is 0.398 e. The molecule has 0 fully saturated rings. The standard InChI is InChI=1S/C12H14F3N5/c1-8-4-2-5-9(16)10(8)11-17-18-19-20(11)7-3-6-12(13,14)15/h2,4-5H,3,6-7,16H2,1H3. The van der Waals surface area contributed by atoms with E-state index < -0.39 is 12.6 Å². The molecule has 0 saturated heterocycles. The first-order valence-corrected chi connectivity index (χ1v) is 6.07. The van der Waals surface area contributed by atoms with Gasteiger partial charge in [0.05, 0.1) is 0 Å². The Hall–Kier alpha value is -2.12. The highest BCUT2D eigenvalue weighted by atomic mass is 19.4. The van der Waals surface area contributed by atoms with E-state index in [1.54, 1.807) is 12.1 Å². The number of nitrogen functional groups attached to an aromatic ring is 1. The minimum Gasteiger partial charge on any atom is -0.398 e. The normalized spacial score (nSPS) is 11.8. The summed E-state index contributed by atoms with van der Waals surface area (Å²) in [6.45, 7) is 1.94. The number of nitrogens with zero attached hydrogens (tertiary/aromatic N) is 4. The highest BCUT2D eigenvalue weighted by Gasteiger charge is 2.26. The van der Waals surface area contributed by atoms with Gasteiger partial charge < -0.3 is 5.73 Å². The fourth-order valence-corrected chi connectivity index (χ4v) is 1.96. The molecule has 0 radical (unpaired) electrons. The van der Waals surface area contributed by atoms with Gasteiger partial charge in [0.25, 0.3) is 0 Å².